The molecule has 0 saturated carbocycles. The van der Waals surface area contributed by atoms with Gasteiger partial charge in [-0.25, -0.2) is 9.78 Å². The summed E-state index contributed by atoms with van der Waals surface area (Å²) in [6.07, 6.45) is 4.53. The zero-order chi connectivity index (χ0) is 10.8. The van der Waals surface area contributed by atoms with Gasteiger partial charge < -0.3 is 14.1 Å². The molecule has 2 aromatic rings. The van der Waals surface area contributed by atoms with Gasteiger partial charge in [-0.05, 0) is 0 Å². The van der Waals surface area contributed by atoms with Gasteiger partial charge in [-0.2, -0.15) is 4.98 Å². The first-order chi connectivity index (χ1) is 7.16. The lowest BCUT2D eigenvalue weighted by Crippen LogP contribution is -1.95. The maximum absolute atomic E-state index is 10.5. The van der Waals surface area contributed by atoms with Crippen molar-refractivity contribution >= 4 is 17.7 Å². The summed E-state index contributed by atoms with van der Waals surface area (Å²) < 4.78 is 6.76. The first-order valence-corrected chi connectivity index (χ1v) is 4.82. The molecule has 2 heterocycles. The van der Waals surface area contributed by atoms with Gasteiger partial charge in [0.15, 0.2) is 10.9 Å². The minimum atomic E-state index is -1.11. The molecule has 0 bridgehead atoms. The van der Waals surface area contributed by atoms with E-state index in [2.05, 4.69) is 9.97 Å². The number of hydrogen-bond donors (Lipinski definition) is 1. The number of aromatic nitrogens is 3. The molecule has 1 N–H and O–H groups in total. The molecule has 2 rings (SSSR count). The number of rotatable bonds is 3. The molecule has 0 radical (unpaired) electrons. The van der Waals surface area contributed by atoms with Crippen molar-refractivity contribution in [3.05, 3.63) is 24.4 Å². The van der Waals surface area contributed by atoms with Gasteiger partial charge in [0.2, 0.25) is 0 Å². The molecule has 0 fully saturated rings. The summed E-state index contributed by atoms with van der Waals surface area (Å²) in [4.78, 5) is 18.3. The fraction of sp³-hybridized carbons (Fsp3) is 0.125. The second-order valence-corrected chi connectivity index (χ2v) is 3.65. The number of aryl methyl sites for hydroxylation is 1. The Morgan fingerprint density at radius 1 is 1.67 bits per heavy atom. The normalized spacial score (nSPS) is 10.5. The number of imidazole rings is 1. The van der Waals surface area contributed by atoms with E-state index < -0.39 is 5.97 Å². The van der Waals surface area contributed by atoms with E-state index in [1.165, 1.54) is 11.8 Å². The van der Waals surface area contributed by atoms with E-state index in [-0.39, 0.29) is 10.9 Å². The van der Waals surface area contributed by atoms with E-state index in [1.54, 1.807) is 17.0 Å². The van der Waals surface area contributed by atoms with Crippen LogP contribution in [0.15, 0.2) is 33.5 Å². The van der Waals surface area contributed by atoms with Gasteiger partial charge in [-0.1, -0.05) is 0 Å². The summed E-state index contributed by atoms with van der Waals surface area (Å²) in [6, 6.07) is 0. The lowest BCUT2D eigenvalue weighted by Gasteiger charge is -1.95. The lowest BCUT2D eigenvalue weighted by molar-refractivity contribution is 0.0690. The molecule has 0 aliphatic heterocycles. The molecule has 0 aliphatic rings. The van der Waals surface area contributed by atoms with Crippen LogP contribution >= 0.6 is 11.8 Å². The highest BCUT2D eigenvalue weighted by molar-refractivity contribution is 7.99. The number of nitrogens with zero attached hydrogens (tertiary/aromatic N) is 3. The number of aromatic carboxylic acids is 1. The second kappa shape index (κ2) is 3.77. The van der Waals surface area contributed by atoms with E-state index in [9.17, 15) is 4.79 Å². The van der Waals surface area contributed by atoms with Crippen LogP contribution in [0.2, 0.25) is 0 Å². The van der Waals surface area contributed by atoms with Gasteiger partial charge >= 0.3 is 5.97 Å². The van der Waals surface area contributed by atoms with E-state index in [0.29, 0.717) is 5.16 Å². The molecule has 0 aliphatic carbocycles. The van der Waals surface area contributed by atoms with Crippen molar-refractivity contribution in [3.8, 4) is 0 Å². The largest absolute Gasteiger partial charge is 0.476 e. The van der Waals surface area contributed by atoms with Crippen molar-refractivity contribution in [3.63, 3.8) is 0 Å². The molecule has 0 unspecified atom stereocenters. The monoisotopic (exact) mass is 225 g/mol. The average Bonchev–Trinajstić information content (AvgIpc) is 2.77. The van der Waals surface area contributed by atoms with Gasteiger partial charge in [-0.15, -0.1) is 0 Å². The molecule has 78 valence electrons. The third kappa shape index (κ3) is 2.01. The fourth-order valence-corrected chi connectivity index (χ4v) is 1.65. The van der Waals surface area contributed by atoms with Gasteiger partial charge in [0, 0.05) is 31.2 Å². The molecule has 0 atom stereocenters. The number of carboxylic acid groups (broad SMARTS) is 1. The summed E-state index contributed by atoms with van der Waals surface area (Å²) in [5.41, 5.74) is -0.105. The number of carboxylic acids is 1. The first kappa shape index (κ1) is 9.78. The van der Waals surface area contributed by atoms with E-state index >= 15 is 0 Å². The fourth-order valence-electron chi connectivity index (χ4n) is 0.931. The van der Waals surface area contributed by atoms with E-state index in [1.807, 2.05) is 7.05 Å². The maximum Gasteiger partial charge on any atom is 0.357 e. The Morgan fingerprint density at radius 2 is 2.47 bits per heavy atom. The lowest BCUT2D eigenvalue weighted by atomic mass is 10.5. The van der Waals surface area contributed by atoms with Crippen LogP contribution in [0.4, 0.5) is 0 Å². The zero-order valence-corrected chi connectivity index (χ0v) is 8.56. The number of carbonyl (C=O) groups is 1. The van der Waals surface area contributed by atoms with Crippen LogP contribution in [0.3, 0.4) is 0 Å². The highest BCUT2D eigenvalue weighted by Gasteiger charge is 2.12. The molecule has 0 aromatic carbocycles. The Balaban J connectivity index is 2.18. The standard InChI is InChI=1S/C8H7N3O3S/c1-11-3-2-9-7(11)15-8-10-5(4-14-8)6(12)13/h2-4H,1H3,(H,12,13). The van der Waals surface area contributed by atoms with Crippen LogP contribution < -0.4 is 0 Å². The highest BCUT2D eigenvalue weighted by atomic mass is 32.2. The van der Waals surface area contributed by atoms with Crippen LogP contribution in [-0.2, 0) is 7.05 Å². The van der Waals surface area contributed by atoms with Gasteiger partial charge in [0.1, 0.15) is 6.26 Å². The summed E-state index contributed by atoms with van der Waals surface area (Å²) >= 11 is 1.17. The van der Waals surface area contributed by atoms with Crippen molar-refractivity contribution in [2.24, 2.45) is 7.05 Å². The third-order valence-electron chi connectivity index (χ3n) is 1.66. The summed E-state index contributed by atoms with van der Waals surface area (Å²) in [7, 11) is 1.83. The highest BCUT2D eigenvalue weighted by Crippen LogP contribution is 2.24. The number of oxazole rings is 1. The SMILES string of the molecule is Cn1ccnc1Sc1nc(C(=O)O)co1. The van der Waals surface area contributed by atoms with E-state index in [4.69, 9.17) is 9.52 Å². The summed E-state index contributed by atoms with van der Waals surface area (Å²) in [5, 5.41) is 9.58. The Morgan fingerprint density at radius 3 is 3.00 bits per heavy atom. The Bertz CT molecular complexity index is 491. The van der Waals surface area contributed by atoms with Crippen molar-refractivity contribution in [2.45, 2.75) is 10.4 Å². The Kier molecular flexibility index (Phi) is 2.46. The van der Waals surface area contributed by atoms with Gasteiger partial charge in [0.05, 0.1) is 0 Å². The zero-order valence-electron chi connectivity index (χ0n) is 7.75. The molecular weight excluding hydrogens is 218 g/mol. The smallest absolute Gasteiger partial charge is 0.357 e. The molecule has 0 saturated heterocycles. The summed E-state index contributed by atoms with van der Waals surface area (Å²) in [6.45, 7) is 0. The molecule has 0 amide bonds. The Hall–Kier alpha value is -1.76. The van der Waals surface area contributed by atoms with Gasteiger partial charge in [0.25, 0.3) is 5.22 Å². The van der Waals surface area contributed by atoms with Crippen molar-refractivity contribution < 1.29 is 14.3 Å². The molecular formula is C8H7N3O3S. The van der Waals surface area contributed by atoms with Gasteiger partial charge in [-0.3, -0.25) is 0 Å². The van der Waals surface area contributed by atoms with Crippen molar-refractivity contribution in [2.75, 3.05) is 0 Å². The maximum atomic E-state index is 10.5. The predicted molar refractivity (Wildman–Crippen MR) is 50.8 cm³/mol. The minimum absolute atomic E-state index is 0.105. The van der Waals surface area contributed by atoms with Crippen LogP contribution in [0.5, 0.6) is 0 Å². The van der Waals surface area contributed by atoms with Crippen molar-refractivity contribution in [1.29, 1.82) is 0 Å². The Labute approximate surface area is 89.0 Å². The van der Waals surface area contributed by atoms with Crippen LogP contribution in [0.1, 0.15) is 10.5 Å². The quantitative estimate of drug-likeness (QED) is 0.846. The molecule has 15 heavy (non-hydrogen) atoms. The van der Waals surface area contributed by atoms with Crippen LogP contribution in [0, 0.1) is 0 Å². The molecule has 7 heteroatoms. The topological polar surface area (TPSA) is 81.2 Å². The molecule has 6 nitrogen and oxygen atoms in total. The van der Waals surface area contributed by atoms with E-state index in [0.717, 1.165) is 6.26 Å². The van der Waals surface area contributed by atoms with Crippen LogP contribution in [-0.4, -0.2) is 25.6 Å². The molecule has 2 aromatic heterocycles. The molecule has 0 spiro atoms. The van der Waals surface area contributed by atoms with Crippen molar-refractivity contribution in [1.82, 2.24) is 14.5 Å². The average molecular weight is 225 g/mol. The predicted octanol–water partition coefficient (Wildman–Crippen LogP) is 1.26. The minimum Gasteiger partial charge on any atom is -0.476 e. The van der Waals surface area contributed by atoms with Crippen LogP contribution in [0.25, 0.3) is 0 Å². The third-order valence-corrected chi connectivity index (χ3v) is 2.60. The second-order valence-electron chi connectivity index (χ2n) is 2.73. The summed E-state index contributed by atoms with van der Waals surface area (Å²) in [5.74, 6) is -1.11. The number of hydrogen-bond acceptors (Lipinski definition) is 5. The first-order valence-electron chi connectivity index (χ1n) is 4.01.